The number of likely N-dealkylation sites (tertiary alicyclic amines) is 4. The van der Waals surface area contributed by atoms with Gasteiger partial charge in [0.2, 0.25) is 0 Å². The predicted octanol–water partition coefficient (Wildman–Crippen LogP) is 1.02. The number of carbonyl (C=O) groups is 1. The summed E-state index contributed by atoms with van der Waals surface area (Å²) >= 11 is 0. The average Bonchev–Trinajstić information content (AvgIpc) is 3.30. The predicted molar refractivity (Wildman–Crippen MR) is 118 cm³/mol. The minimum absolute atomic E-state index is 0.179. The first-order valence-electron chi connectivity index (χ1n) is 12.0. The molecular formula is C23H42N4O3. The lowest BCUT2D eigenvalue weighted by molar-refractivity contribution is -0.147. The van der Waals surface area contributed by atoms with E-state index in [2.05, 4.69) is 47.3 Å². The Kier molecular flexibility index (Phi) is 6.23. The molecule has 0 radical (unpaired) electrons. The van der Waals surface area contributed by atoms with Gasteiger partial charge in [0, 0.05) is 67.7 Å². The molecule has 0 aliphatic carbocycles. The van der Waals surface area contributed by atoms with E-state index in [9.17, 15) is 15.0 Å². The number of carboxylic acid groups (broad SMARTS) is 1. The number of aliphatic hydroxyl groups is 1. The summed E-state index contributed by atoms with van der Waals surface area (Å²) in [6, 6.07) is 1.71. The summed E-state index contributed by atoms with van der Waals surface area (Å²) in [4.78, 5) is 21.3. The van der Waals surface area contributed by atoms with E-state index in [0.29, 0.717) is 23.5 Å². The average molecular weight is 423 g/mol. The van der Waals surface area contributed by atoms with E-state index in [-0.39, 0.29) is 24.6 Å². The molecule has 0 aromatic heterocycles. The molecule has 4 aliphatic rings. The first-order valence-corrected chi connectivity index (χ1v) is 12.0. The van der Waals surface area contributed by atoms with Gasteiger partial charge in [0.25, 0.3) is 0 Å². The Morgan fingerprint density at radius 2 is 1.60 bits per heavy atom. The fraction of sp³-hybridized carbons (Fsp3) is 0.957. The SMILES string of the molecule is CC(C)N1CCC2(C1)CN(CC(=O)O)C2CC(C)N1CCC2(C1)CN(C(C)CO)C2. The Hall–Kier alpha value is -0.730. The van der Waals surface area contributed by atoms with Gasteiger partial charge in [-0.1, -0.05) is 0 Å². The van der Waals surface area contributed by atoms with Gasteiger partial charge in [-0.15, -0.1) is 0 Å². The lowest BCUT2D eigenvalue weighted by Gasteiger charge is -2.57. The van der Waals surface area contributed by atoms with Gasteiger partial charge >= 0.3 is 5.97 Å². The van der Waals surface area contributed by atoms with Crippen LogP contribution in [0.15, 0.2) is 0 Å². The first-order chi connectivity index (χ1) is 14.2. The van der Waals surface area contributed by atoms with Crippen LogP contribution in [0.1, 0.15) is 47.0 Å². The standard InChI is InChI=1S/C23H42N4O3/c1-17(2)24-8-6-23(15-24)16-26(10-21(29)30)20(23)9-18(3)25-7-5-22(12-25)13-27(14-22)19(4)11-28/h17-20,28H,5-16H2,1-4H3,(H,29,30). The molecule has 0 saturated carbocycles. The number of nitrogens with zero attached hydrogens (tertiary/aromatic N) is 4. The molecule has 2 spiro atoms. The number of hydrogen-bond acceptors (Lipinski definition) is 6. The smallest absolute Gasteiger partial charge is 0.317 e. The van der Waals surface area contributed by atoms with Crippen molar-refractivity contribution in [2.75, 3.05) is 59.0 Å². The van der Waals surface area contributed by atoms with Crippen LogP contribution in [0, 0.1) is 10.8 Å². The van der Waals surface area contributed by atoms with Gasteiger partial charge in [-0.25, -0.2) is 0 Å². The van der Waals surface area contributed by atoms with Crippen molar-refractivity contribution in [3.63, 3.8) is 0 Å². The zero-order chi connectivity index (χ0) is 21.7. The zero-order valence-corrected chi connectivity index (χ0v) is 19.4. The summed E-state index contributed by atoms with van der Waals surface area (Å²) in [7, 11) is 0. The summed E-state index contributed by atoms with van der Waals surface area (Å²) in [5.41, 5.74) is 0.701. The van der Waals surface area contributed by atoms with Crippen LogP contribution in [0.2, 0.25) is 0 Å². The quantitative estimate of drug-likeness (QED) is 0.605. The molecule has 0 aromatic rings. The third-order valence-corrected chi connectivity index (χ3v) is 8.77. The minimum atomic E-state index is -0.700. The van der Waals surface area contributed by atoms with Crippen molar-refractivity contribution in [3.8, 4) is 0 Å². The van der Waals surface area contributed by atoms with E-state index in [1.54, 1.807) is 0 Å². The molecule has 7 heteroatoms. The van der Waals surface area contributed by atoms with Gasteiger partial charge in [-0.3, -0.25) is 19.5 Å². The van der Waals surface area contributed by atoms with Gasteiger partial charge in [0.05, 0.1) is 13.2 Å². The van der Waals surface area contributed by atoms with Gasteiger partial charge in [-0.05, 0) is 60.0 Å². The molecule has 4 aliphatic heterocycles. The molecule has 4 fully saturated rings. The topological polar surface area (TPSA) is 70.5 Å². The van der Waals surface area contributed by atoms with Crippen LogP contribution in [0.25, 0.3) is 0 Å². The van der Waals surface area contributed by atoms with E-state index in [4.69, 9.17) is 0 Å². The van der Waals surface area contributed by atoms with E-state index >= 15 is 0 Å². The Balaban J connectivity index is 1.36. The zero-order valence-electron chi connectivity index (χ0n) is 19.4. The Bertz CT molecular complexity index is 638. The minimum Gasteiger partial charge on any atom is -0.480 e. The first kappa shape index (κ1) is 22.5. The highest BCUT2D eigenvalue weighted by Crippen LogP contribution is 2.48. The maximum atomic E-state index is 11.4. The molecule has 4 heterocycles. The molecule has 172 valence electrons. The number of hydrogen-bond donors (Lipinski definition) is 2. The lowest BCUT2D eigenvalue weighted by atomic mass is 9.68. The fourth-order valence-electron chi connectivity index (χ4n) is 6.72. The molecule has 0 bridgehead atoms. The molecule has 7 nitrogen and oxygen atoms in total. The highest BCUT2D eigenvalue weighted by atomic mass is 16.4. The molecule has 30 heavy (non-hydrogen) atoms. The third kappa shape index (κ3) is 4.04. The number of rotatable bonds is 8. The highest BCUT2D eigenvalue weighted by Gasteiger charge is 2.57. The number of aliphatic hydroxyl groups excluding tert-OH is 1. The normalized spacial score (nSPS) is 34.5. The molecule has 0 amide bonds. The second-order valence-electron chi connectivity index (χ2n) is 11.2. The third-order valence-electron chi connectivity index (χ3n) is 8.77. The van der Waals surface area contributed by atoms with E-state index in [1.807, 2.05) is 0 Å². The molecule has 4 rings (SSSR count). The van der Waals surface area contributed by atoms with Gasteiger partial charge < -0.3 is 15.1 Å². The summed E-state index contributed by atoms with van der Waals surface area (Å²) < 4.78 is 0. The molecule has 2 N–H and O–H groups in total. The largest absolute Gasteiger partial charge is 0.480 e. The second kappa shape index (κ2) is 8.32. The van der Waals surface area contributed by atoms with Crippen LogP contribution in [-0.4, -0.2) is 119 Å². The monoisotopic (exact) mass is 422 g/mol. The molecular weight excluding hydrogens is 380 g/mol. The number of aliphatic carboxylic acids is 1. The highest BCUT2D eigenvalue weighted by molar-refractivity contribution is 5.69. The molecule has 4 saturated heterocycles. The van der Waals surface area contributed by atoms with Crippen molar-refractivity contribution < 1.29 is 15.0 Å². The Morgan fingerprint density at radius 1 is 0.933 bits per heavy atom. The van der Waals surface area contributed by atoms with Crippen LogP contribution in [0.4, 0.5) is 0 Å². The van der Waals surface area contributed by atoms with E-state index in [0.717, 1.165) is 52.2 Å². The fourth-order valence-corrected chi connectivity index (χ4v) is 6.72. The second-order valence-corrected chi connectivity index (χ2v) is 11.2. The van der Waals surface area contributed by atoms with Gasteiger partial charge in [0.1, 0.15) is 0 Å². The summed E-state index contributed by atoms with van der Waals surface area (Å²) in [5.74, 6) is -0.700. The van der Waals surface area contributed by atoms with E-state index in [1.165, 1.54) is 12.8 Å². The van der Waals surface area contributed by atoms with Crippen LogP contribution in [0.5, 0.6) is 0 Å². The summed E-state index contributed by atoms with van der Waals surface area (Å²) in [5, 5.41) is 18.8. The maximum Gasteiger partial charge on any atom is 0.317 e. The maximum absolute atomic E-state index is 11.4. The van der Waals surface area contributed by atoms with Crippen molar-refractivity contribution in [1.82, 2.24) is 19.6 Å². The van der Waals surface area contributed by atoms with Crippen LogP contribution < -0.4 is 0 Å². The summed E-state index contributed by atoms with van der Waals surface area (Å²) in [6.45, 7) is 17.2. The van der Waals surface area contributed by atoms with Crippen molar-refractivity contribution >= 4 is 5.97 Å². The lowest BCUT2D eigenvalue weighted by Crippen LogP contribution is -2.67. The van der Waals surface area contributed by atoms with Gasteiger partial charge in [0.15, 0.2) is 0 Å². The van der Waals surface area contributed by atoms with E-state index < -0.39 is 5.97 Å². The molecule has 4 unspecified atom stereocenters. The van der Waals surface area contributed by atoms with Crippen molar-refractivity contribution in [1.29, 1.82) is 0 Å². The van der Waals surface area contributed by atoms with Gasteiger partial charge in [-0.2, -0.15) is 0 Å². The van der Waals surface area contributed by atoms with Crippen molar-refractivity contribution in [2.45, 2.75) is 71.1 Å². The van der Waals surface area contributed by atoms with Crippen LogP contribution in [-0.2, 0) is 4.79 Å². The van der Waals surface area contributed by atoms with Crippen LogP contribution >= 0.6 is 0 Å². The van der Waals surface area contributed by atoms with Crippen molar-refractivity contribution in [3.05, 3.63) is 0 Å². The molecule has 4 atom stereocenters. The van der Waals surface area contributed by atoms with Crippen molar-refractivity contribution in [2.24, 2.45) is 10.8 Å². The molecule has 0 aromatic carbocycles. The van der Waals surface area contributed by atoms with Crippen LogP contribution in [0.3, 0.4) is 0 Å². The number of carboxylic acids is 1. The Morgan fingerprint density at radius 3 is 2.20 bits per heavy atom. The summed E-state index contributed by atoms with van der Waals surface area (Å²) in [6.07, 6.45) is 3.53. The Labute approximate surface area is 182 Å².